The maximum Gasteiger partial charge on any atom is 0.262 e. The minimum atomic E-state index is -0.306. The third-order valence-corrected chi connectivity index (χ3v) is 8.79. The van der Waals surface area contributed by atoms with E-state index in [-0.39, 0.29) is 12.4 Å². The lowest BCUT2D eigenvalue weighted by Crippen LogP contribution is -2.33. The molecule has 4 aromatic carbocycles. The summed E-state index contributed by atoms with van der Waals surface area (Å²) in [4.78, 5) is 8.95. The summed E-state index contributed by atoms with van der Waals surface area (Å²) in [5.41, 5.74) is 4.39. The summed E-state index contributed by atoms with van der Waals surface area (Å²) >= 11 is 8.29. The van der Waals surface area contributed by atoms with Gasteiger partial charge in [-0.1, -0.05) is 47.2 Å². The van der Waals surface area contributed by atoms with Gasteiger partial charge >= 0.3 is 0 Å². The number of hydrogen-bond acceptors (Lipinski definition) is 6. The van der Waals surface area contributed by atoms with Gasteiger partial charge in [0.05, 0.1) is 10.5 Å². The first kappa shape index (κ1) is 28.7. The molecule has 0 bridgehead atoms. The zero-order chi connectivity index (χ0) is 30.8. The van der Waals surface area contributed by atoms with Crippen LogP contribution >= 0.6 is 22.9 Å². The van der Waals surface area contributed by atoms with Gasteiger partial charge in [-0.25, -0.2) is 14.4 Å². The summed E-state index contributed by atoms with van der Waals surface area (Å²) in [6, 6.07) is 30.0. The predicted molar refractivity (Wildman–Crippen MR) is 179 cm³/mol. The minimum Gasteiger partial charge on any atom is -0.487 e. The van der Waals surface area contributed by atoms with Crippen LogP contribution in [0.25, 0.3) is 44.6 Å². The molecule has 0 aliphatic heterocycles. The molecule has 0 unspecified atom stereocenters. The van der Waals surface area contributed by atoms with Crippen LogP contribution in [0, 0.1) is 5.82 Å². The average molecular weight is 634 g/mol. The number of aryl methyl sites for hydroxylation is 1. The Labute approximate surface area is 268 Å². The van der Waals surface area contributed by atoms with Gasteiger partial charge in [0, 0.05) is 28.8 Å². The molecule has 7 aromatic rings. The van der Waals surface area contributed by atoms with Gasteiger partial charge in [-0.3, -0.25) is 0 Å². The molecule has 0 amide bonds. The number of nitrogens with one attached hydrogen (secondary N) is 1. The van der Waals surface area contributed by atoms with Crippen LogP contribution in [0.15, 0.2) is 108 Å². The molecular formula is C36H27ClFN4O2S+. The fraction of sp³-hybridized carbons (Fsp3) is 0.0833. The predicted octanol–water partition coefficient (Wildman–Crippen LogP) is 9.70. The van der Waals surface area contributed by atoms with Crippen molar-refractivity contribution in [3.05, 3.63) is 131 Å². The smallest absolute Gasteiger partial charge is 0.262 e. The van der Waals surface area contributed by atoms with Crippen molar-refractivity contribution in [2.24, 2.45) is 0 Å². The number of hydrogen-bond donors (Lipinski definition) is 1. The number of anilines is 2. The molecule has 0 radical (unpaired) electrons. The summed E-state index contributed by atoms with van der Waals surface area (Å²) in [6.45, 7) is 3.25. The van der Waals surface area contributed by atoms with E-state index < -0.39 is 0 Å². The van der Waals surface area contributed by atoms with E-state index in [1.54, 1.807) is 35.6 Å². The highest BCUT2D eigenvalue weighted by Gasteiger charge is 2.16. The third-order valence-electron chi connectivity index (χ3n) is 7.37. The van der Waals surface area contributed by atoms with Crippen molar-refractivity contribution in [3.8, 4) is 17.1 Å². The number of furan rings is 1. The van der Waals surface area contributed by atoms with E-state index in [1.165, 1.54) is 33.7 Å². The molecule has 0 saturated carbocycles. The first-order valence-electron chi connectivity index (χ1n) is 14.4. The highest BCUT2D eigenvalue weighted by molar-refractivity contribution is 7.18. The van der Waals surface area contributed by atoms with Crippen LogP contribution in [-0.4, -0.2) is 9.97 Å². The van der Waals surface area contributed by atoms with Gasteiger partial charge in [-0.2, -0.15) is 4.57 Å². The Kier molecular flexibility index (Phi) is 7.98. The Morgan fingerprint density at radius 3 is 2.73 bits per heavy atom. The highest BCUT2D eigenvalue weighted by atomic mass is 35.5. The van der Waals surface area contributed by atoms with E-state index in [0.717, 1.165) is 45.8 Å². The molecule has 0 saturated heterocycles. The van der Waals surface area contributed by atoms with E-state index in [9.17, 15) is 4.39 Å². The fourth-order valence-electron chi connectivity index (χ4n) is 5.18. The molecule has 222 valence electrons. The van der Waals surface area contributed by atoms with E-state index in [4.69, 9.17) is 20.8 Å². The van der Waals surface area contributed by atoms with Crippen LogP contribution < -0.4 is 14.6 Å². The molecule has 1 N–H and O–H groups in total. The number of rotatable bonds is 9. The van der Waals surface area contributed by atoms with E-state index in [1.807, 2.05) is 42.5 Å². The van der Waals surface area contributed by atoms with Crippen molar-refractivity contribution in [2.75, 3.05) is 5.32 Å². The summed E-state index contributed by atoms with van der Waals surface area (Å²) < 4.78 is 29.1. The first-order chi connectivity index (χ1) is 22.0. The number of benzene rings is 4. The number of nitrogens with zero attached hydrogens (tertiary/aromatic N) is 3. The molecule has 0 fully saturated rings. The van der Waals surface area contributed by atoms with Gasteiger partial charge in [-0.05, 0) is 85.3 Å². The topological polar surface area (TPSA) is 64.1 Å². The van der Waals surface area contributed by atoms with Crippen molar-refractivity contribution < 1.29 is 18.1 Å². The molecule has 45 heavy (non-hydrogen) atoms. The number of aromatic nitrogens is 3. The number of halogens is 2. The van der Waals surface area contributed by atoms with Crippen molar-refractivity contribution in [2.45, 2.75) is 20.1 Å². The highest BCUT2D eigenvalue weighted by Crippen LogP contribution is 2.33. The second kappa shape index (κ2) is 12.5. The second-order valence-electron chi connectivity index (χ2n) is 10.3. The largest absolute Gasteiger partial charge is 0.487 e. The Bertz CT molecular complexity index is 2190. The van der Waals surface area contributed by atoms with Crippen LogP contribution in [0.5, 0.6) is 5.75 Å². The lowest BCUT2D eigenvalue weighted by atomic mass is 10.1. The zero-order valence-electron chi connectivity index (χ0n) is 24.2. The summed E-state index contributed by atoms with van der Waals surface area (Å²) in [6.07, 6.45) is 5.64. The molecule has 0 aliphatic carbocycles. The van der Waals surface area contributed by atoms with Crippen LogP contribution in [-0.2, 0) is 13.2 Å². The lowest BCUT2D eigenvalue weighted by Gasteiger charge is -2.12. The van der Waals surface area contributed by atoms with Crippen molar-refractivity contribution in [3.63, 3.8) is 0 Å². The quantitative estimate of drug-likeness (QED) is 0.160. The van der Waals surface area contributed by atoms with Gasteiger partial charge in [-0.15, -0.1) is 0 Å². The Balaban J connectivity index is 1.10. The molecule has 3 heterocycles. The number of fused-ring (bicyclic) bond motifs is 2. The van der Waals surface area contributed by atoms with Crippen LogP contribution in [0.4, 0.5) is 15.9 Å². The molecule has 0 aliphatic rings. The molecule has 3 aromatic heterocycles. The maximum absolute atomic E-state index is 13.5. The van der Waals surface area contributed by atoms with Crippen molar-refractivity contribution in [1.29, 1.82) is 0 Å². The van der Waals surface area contributed by atoms with Gasteiger partial charge in [0.15, 0.2) is 0 Å². The maximum atomic E-state index is 13.5. The van der Waals surface area contributed by atoms with E-state index in [2.05, 4.69) is 57.1 Å². The standard InChI is InChI=1S/C36H26ClFN4O2S/c1-2-42-31-8-3-4-9-34(31)45-35(42)17-13-27-12-16-32(44-27)24-10-14-30-28(19-24)36(40-22-39-30)41-26-11-15-33(29(37)20-26)43-21-23-6-5-7-25(38)18-23/h3-20,22H,2,21H2,1H3/p+1. The summed E-state index contributed by atoms with van der Waals surface area (Å²) in [5.74, 6) is 2.34. The fourth-order valence-corrected chi connectivity index (χ4v) is 6.55. The number of ether oxygens (including phenoxy) is 1. The monoisotopic (exact) mass is 633 g/mol. The summed E-state index contributed by atoms with van der Waals surface area (Å²) in [5, 5.41) is 5.78. The van der Waals surface area contributed by atoms with Gasteiger partial charge in [0.2, 0.25) is 5.52 Å². The molecule has 7 rings (SSSR count). The average Bonchev–Trinajstić information content (AvgIpc) is 3.68. The molecule has 9 heteroatoms. The molecular weight excluding hydrogens is 607 g/mol. The third kappa shape index (κ3) is 6.16. The lowest BCUT2D eigenvalue weighted by molar-refractivity contribution is -0.665. The van der Waals surface area contributed by atoms with Crippen LogP contribution in [0.2, 0.25) is 5.02 Å². The number of thiazole rings is 1. The molecule has 6 nitrogen and oxygen atoms in total. The zero-order valence-corrected chi connectivity index (χ0v) is 25.8. The number of para-hydroxylation sites is 1. The van der Waals surface area contributed by atoms with Gasteiger partial charge in [0.25, 0.3) is 5.01 Å². The van der Waals surface area contributed by atoms with Crippen molar-refractivity contribution in [1.82, 2.24) is 9.97 Å². The normalized spacial score (nSPS) is 11.5. The Morgan fingerprint density at radius 1 is 0.956 bits per heavy atom. The van der Waals surface area contributed by atoms with Gasteiger partial charge < -0.3 is 14.5 Å². The summed E-state index contributed by atoms with van der Waals surface area (Å²) in [7, 11) is 0. The van der Waals surface area contributed by atoms with Crippen molar-refractivity contribution >= 4 is 67.7 Å². The van der Waals surface area contributed by atoms with E-state index in [0.29, 0.717) is 16.6 Å². The molecule has 0 spiro atoms. The Morgan fingerprint density at radius 2 is 1.87 bits per heavy atom. The Hall–Kier alpha value is -5.05. The van der Waals surface area contributed by atoms with Crippen LogP contribution in [0.1, 0.15) is 23.3 Å². The first-order valence-corrected chi connectivity index (χ1v) is 15.6. The van der Waals surface area contributed by atoms with Gasteiger partial charge in [0.1, 0.15) is 53.1 Å². The van der Waals surface area contributed by atoms with Crippen LogP contribution in [0.3, 0.4) is 0 Å². The second-order valence-corrected chi connectivity index (χ2v) is 11.8. The van der Waals surface area contributed by atoms with E-state index >= 15 is 0 Å². The molecule has 0 atom stereocenters. The SMILES string of the molecule is CC[n+]1c(/C=C/c2ccc(-c3ccc4ncnc(Nc5ccc(OCc6cccc(F)c6)c(Cl)c5)c4c3)o2)sc2ccccc21. The minimum absolute atomic E-state index is 0.206.